The standard InChI is InChI=1S/C36H40Cl2N6O3/c1-22(45)20-44-16-15-43(2)31-17-23(7-8-25(31)21-44)35-34(38)28(13-14-40-35)27-5-4-6-29(33(27)37)30-11-9-24(36(42-30)47-3)18-39-19-26-10-12-32(46)41-26/h4-9,11,13-14,17,22,26,39,45H,10,12,15-16,18-21H2,1-3H3,(H,41,46)/t22-,26+/m1/s1. The quantitative estimate of drug-likeness (QED) is 0.194. The van der Waals surface area contributed by atoms with Crippen molar-refractivity contribution in [2.45, 2.75) is 45.0 Å². The van der Waals surface area contributed by atoms with Gasteiger partial charge in [0.05, 0.1) is 34.6 Å². The summed E-state index contributed by atoms with van der Waals surface area (Å²) in [6.45, 7) is 6.20. The van der Waals surface area contributed by atoms with Gasteiger partial charge in [-0.05, 0) is 37.1 Å². The number of carbonyl (C=O) groups is 1. The minimum Gasteiger partial charge on any atom is -0.481 e. The highest BCUT2D eigenvalue weighted by molar-refractivity contribution is 6.39. The first kappa shape index (κ1) is 33.2. The molecule has 2 aliphatic rings. The van der Waals surface area contributed by atoms with Crippen LogP contribution < -0.4 is 20.3 Å². The molecule has 0 spiro atoms. The number of aliphatic hydroxyl groups is 1. The third kappa shape index (κ3) is 7.40. The van der Waals surface area contributed by atoms with Crippen LogP contribution in [0.25, 0.3) is 33.6 Å². The first-order valence-electron chi connectivity index (χ1n) is 15.9. The summed E-state index contributed by atoms with van der Waals surface area (Å²) in [7, 11) is 3.70. The first-order valence-corrected chi connectivity index (χ1v) is 16.7. The van der Waals surface area contributed by atoms with E-state index in [1.165, 1.54) is 5.56 Å². The number of aliphatic hydroxyl groups excluding tert-OH is 1. The maximum Gasteiger partial charge on any atom is 0.220 e. The van der Waals surface area contributed by atoms with Crippen molar-refractivity contribution in [2.24, 2.45) is 0 Å². The zero-order valence-corrected chi connectivity index (χ0v) is 28.4. The molecule has 0 bridgehead atoms. The number of pyridine rings is 2. The van der Waals surface area contributed by atoms with E-state index >= 15 is 0 Å². The molecule has 4 aromatic rings. The van der Waals surface area contributed by atoms with Gasteiger partial charge in [-0.25, -0.2) is 4.98 Å². The van der Waals surface area contributed by atoms with E-state index in [4.69, 9.17) is 32.9 Å². The molecule has 0 radical (unpaired) electrons. The largest absolute Gasteiger partial charge is 0.481 e. The van der Waals surface area contributed by atoms with Gasteiger partial charge in [0.2, 0.25) is 11.8 Å². The summed E-state index contributed by atoms with van der Waals surface area (Å²) in [5, 5.41) is 17.4. The van der Waals surface area contributed by atoms with Crippen LogP contribution in [-0.2, 0) is 17.9 Å². The second kappa shape index (κ2) is 14.6. The summed E-state index contributed by atoms with van der Waals surface area (Å²) >= 11 is 14.2. The highest BCUT2D eigenvalue weighted by atomic mass is 35.5. The number of nitrogens with one attached hydrogen (secondary N) is 2. The fourth-order valence-electron chi connectivity index (χ4n) is 6.39. The third-order valence-electron chi connectivity index (χ3n) is 8.82. The number of fused-ring (bicyclic) bond motifs is 1. The molecule has 0 aliphatic carbocycles. The molecule has 6 rings (SSSR count). The van der Waals surface area contributed by atoms with Gasteiger partial charge in [-0.1, -0.05) is 59.6 Å². The molecule has 0 saturated carbocycles. The average Bonchev–Trinajstić information content (AvgIpc) is 3.41. The lowest BCUT2D eigenvalue weighted by atomic mass is 9.98. The van der Waals surface area contributed by atoms with Crippen LogP contribution in [0, 0.1) is 0 Å². The Bertz CT molecular complexity index is 1770. The number of β-amino-alcohol motifs (C(OH)–C–C–N with tert-alkyl or cyclic N) is 1. The predicted octanol–water partition coefficient (Wildman–Crippen LogP) is 5.79. The molecule has 0 unspecified atom stereocenters. The topological polar surface area (TPSA) is 103 Å². The number of anilines is 1. The van der Waals surface area contributed by atoms with E-state index in [-0.39, 0.29) is 18.1 Å². The van der Waals surface area contributed by atoms with Crippen LogP contribution in [0.1, 0.15) is 30.9 Å². The van der Waals surface area contributed by atoms with Crippen LogP contribution >= 0.6 is 23.2 Å². The highest BCUT2D eigenvalue weighted by Gasteiger charge is 2.23. The Morgan fingerprint density at radius 3 is 2.66 bits per heavy atom. The molecule has 1 saturated heterocycles. The van der Waals surface area contributed by atoms with Crippen LogP contribution in [-0.4, -0.2) is 78.4 Å². The normalized spacial score (nSPS) is 17.3. The van der Waals surface area contributed by atoms with Crippen molar-refractivity contribution in [3.05, 3.63) is 82.0 Å². The van der Waals surface area contributed by atoms with E-state index < -0.39 is 0 Å². The van der Waals surface area contributed by atoms with Crippen molar-refractivity contribution >= 4 is 34.8 Å². The molecule has 246 valence electrons. The van der Waals surface area contributed by atoms with Crippen molar-refractivity contribution in [1.29, 1.82) is 0 Å². The van der Waals surface area contributed by atoms with Crippen molar-refractivity contribution in [3.63, 3.8) is 0 Å². The van der Waals surface area contributed by atoms with Gasteiger partial charge in [-0.15, -0.1) is 0 Å². The maximum absolute atomic E-state index is 11.5. The predicted molar refractivity (Wildman–Crippen MR) is 188 cm³/mol. The number of aromatic nitrogens is 2. The maximum atomic E-state index is 11.5. The summed E-state index contributed by atoms with van der Waals surface area (Å²) in [5.74, 6) is 0.616. The SMILES string of the molecule is COc1nc(-c2cccc(-c3ccnc(-c4ccc5c(c4)N(C)CCN(C[C@@H](C)O)C5)c3Cl)c2Cl)ccc1CNC[C@@H]1CCC(=O)N1. The lowest BCUT2D eigenvalue weighted by Gasteiger charge is -2.21. The number of carbonyl (C=O) groups excluding carboxylic acids is 1. The van der Waals surface area contributed by atoms with Gasteiger partial charge in [0.1, 0.15) is 0 Å². The minimum atomic E-state index is -0.379. The van der Waals surface area contributed by atoms with Gasteiger partial charge >= 0.3 is 0 Å². The first-order chi connectivity index (χ1) is 22.7. The number of nitrogens with zero attached hydrogens (tertiary/aromatic N) is 4. The van der Waals surface area contributed by atoms with Crippen molar-refractivity contribution in [2.75, 3.05) is 45.2 Å². The molecule has 47 heavy (non-hydrogen) atoms. The number of likely N-dealkylation sites (N-methyl/N-ethyl adjacent to an activating group) is 1. The molecule has 1 fully saturated rings. The third-order valence-corrected chi connectivity index (χ3v) is 9.61. The Hall–Kier alpha value is -3.73. The van der Waals surface area contributed by atoms with Gasteiger partial charge in [-0.3, -0.25) is 14.7 Å². The fraction of sp³-hybridized carbons (Fsp3) is 0.361. The van der Waals surface area contributed by atoms with Gasteiger partial charge in [0.15, 0.2) is 0 Å². The average molecular weight is 676 g/mol. The molecule has 2 aliphatic heterocycles. The molecule has 2 aromatic carbocycles. The zero-order valence-electron chi connectivity index (χ0n) is 26.9. The molecule has 11 heteroatoms. The number of benzene rings is 2. The van der Waals surface area contributed by atoms with Crippen LogP contribution in [0.5, 0.6) is 5.88 Å². The summed E-state index contributed by atoms with van der Waals surface area (Å²) in [5.41, 5.74) is 7.85. The molecule has 2 aromatic heterocycles. The van der Waals surface area contributed by atoms with Crippen LogP contribution in [0.4, 0.5) is 5.69 Å². The lowest BCUT2D eigenvalue weighted by molar-refractivity contribution is -0.119. The van der Waals surface area contributed by atoms with E-state index in [1.54, 1.807) is 13.3 Å². The fourth-order valence-corrected chi connectivity index (χ4v) is 7.04. The Morgan fingerprint density at radius 2 is 1.89 bits per heavy atom. The number of amides is 1. The molecule has 4 heterocycles. The van der Waals surface area contributed by atoms with E-state index in [1.807, 2.05) is 43.3 Å². The van der Waals surface area contributed by atoms with Crippen molar-refractivity contribution in [1.82, 2.24) is 25.5 Å². The minimum absolute atomic E-state index is 0.104. The molecule has 3 N–H and O–H groups in total. The van der Waals surface area contributed by atoms with Gasteiger partial charge in [-0.2, -0.15) is 0 Å². The Kier molecular flexibility index (Phi) is 10.3. The monoisotopic (exact) mass is 674 g/mol. The smallest absolute Gasteiger partial charge is 0.220 e. The van der Waals surface area contributed by atoms with Crippen molar-refractivity contribution < 1.29 is 14.6 Å². The van der Waals surface area contributed by atoms with E-state index in [0.29, 0.717) is 53.4 Å². The van der Waals surface area contributed by atoms with E-state index in [9.17, 15) is 9.90 Å². The van der Waals surface area contributed by atoms with E-state index in [0.717, 1.165) is 59.6 Å². The number of halogens is 2. The summed E-state index contributed by atoms with van der Waals surface area (Å²) in [6, 6.07) is 18.1. The van der Waals surface area contributed by atoms with Crippen LogP contribution in [0.15, 0.2) is 60.8 Å². The number of hydrogen-bond acceptors (Lipinski definition) is 8. The Balaban J connectivity index is 1.26. The molecular formula is C36H40Cl2N6O3. The highest BCUT2D eigenvalue weighted by Crippen LogP contribution is 2.42. The van der Waals surface area contributed by atoms with Crippen LogP contribution in [0.3, 0.4) is 0 Å². The van der Waals surface area contributed by atoms with Gasteiger partial charge in [0.25, 0.3) is 0 Å². The summed E-state index contributed by atoms with van der Waals surface area (Å²) in [6.07, 6.45) is 2.80. The molecule has 2 atom stereocenters. The Morgan fingerprint density at radius 1 is 1.09 bits per heavy atom. The second-order valence-electron chi connectivity index (χ2n) is 12.3. The summed E-state index contributed by atoms with van der Waals surface area (Å²) in [4.78, 5) is 25.5. The van der Waals surface area contributed by atoms with E-state index in [2.05, 4.69) is 50.7 Å². The zero-order chi connectivity index (χ0) is 33.1. The number of methoxy groups -OCH3 is 1. The second-order valence-corrected chi connectivity index (χ2v) is 13.1. The lowest BCUT2D eigenvalue weighted by Crippen LogP contribution is -2.35. The summed E-state index contributed by atoms with van der Waals surface area (Å²) < 4.78 is 5.65. The Labute approximate surface area is 285 Å². The van der Waals surface area contributed by atoms with Gasteiger partial charge in [0, 0.05) is 98.5 Å². The van der Waals surface area contributed by atoms with Crippen LogP contribution in [0.2, 0.25) is 10.0 Å². The molecule has 9 nitrogen and oxygen atoms in total. The molecule has 1 amide bonds. The van der Waals surface area contributed by atoms with Gasteiger partial charge < -0.3 is 25.4 Å². The van der Waals surface area contributed by atoms with Crippen molar-refractivity contribution in [3.8, 4) is 39.5 Å². The molecular weight excluding hydrogens is 635 g/mol. The number of ether oxygens (including phenoxy) is 1. The number of hydrogen-bond donors (Lipinski definition) is 3. The number of rotatable bonds is 10.